The number of aromatic nitrogens is 3. The smallest absolute Gasteiger partial charge is 0.256 e. The molecule has 0 unspecified atom stereocenters. The highest BCUT2D eigenvalue weighted by atomic mass is 16.2. The molecule has 0 bridgehead atoms. The molecular weight excluding hydrogens is 316 g/mol. The number of H-pyrrole nitrogens is 1. The Kier molecular flexibility index (Phi) is 3.78. The van der Waals surface area contributed by atoms with E-state index in [0.717, 1.165) is 42.0 Å². The van der Waals surface area contributed by atoms with Crippen LogP contribution in [0.2, 0.25) is 0 Å². The first-order valence-electron chi connectivity index (χ1n) is 9.02. The van der Waals surface area contributed by atoms with Gasteiger partial charge in [-0.15, -0.1) is 0 Å². The van der Waals surface area contributed by atoms with Crippen molar-refractivity contribution in [2.75, 3.05) is 13.1 Å². The molecule has 6 heteroatoms. The Morgan fingerprint density at radius 3 is 2.80 bits per heavy atom. The Balaban J connectivity index is 1.60. The molecule has 1 saturated heterocycles. The summed E-state index contributed by atoms with van der Waals surface area (Å²) in [6.45, 7) is 7.29. The summed E-state index contributed by atoms with van der Waals surface area (Å²) in [5, 5.41) is 4.57. The number of Topliss-reactive ketones (excluding diaryl/α,β-unsaturated/α-hetero) is 1. The maximum atomic E-state index is 13.1. The van der Waals surface area contributed by atoms with Crippen molar-refractivity contribution in [3.63, 3.8) is 0 Å². The number of aromatic amines is 1. The molecule has 2 aliphatic rings. The van der Waals surface area contributed by atoms with Gasteiger partial charge >= 0.3 is 0 Å². The molecule has 3 heterocycles. The van der Waals surface area contributed by atoms with Crippen molar-refractivity contribution in [1.82, 2.24) is 19.7 Å². The lowest BCUT2D eigenvalue weighted by molar-refractivity contribution is 0.0779. The summed E-state index contributed by atoms with van der Waals surface area (Å²) in [6, 6.07) is 2.28. The molecule has 0 radical (unpaired) electrons. The molecule has 1 N–H and O–H groups in total. The molecule has 0 saturated carbocycles. The van der Waals surface area contributed by atoms with Gasteiger partial charge in [-0.05, 0) is 46.1 Å². The number of likely N-dealkylation sites (tertiary alicyclic amines) is 1. The van der Waals surface area contributed by atoms with Crippen LogP contribution in [0.5, 0.6) is 0 Å². The number of amides is 1. The van der Waals surface area contributed by atoms with Gasteiger partial charge in [0.05, 0.1) is 22.9 Å². The molecule has 1 atom stereocenters. The topological polar surface area (TPSA) is 71.0 Å². The van der Waals surface area contributed by atoms with Gasteiger partial charge in [0.1, 0.15) is 0 Å². The summed E-state index contributed by atoms with van der Waals surface area (Å²) < 4.78 is 2.03. The average molecular weight is 340 g/mol. The van der Waals surface area contributed by atoms with Gasteiger partial charge in [0, 0.05) is 36.6 Å². The van der Waals surface area contributed by atoms with Crippen LogP contribution >= 0.6 is 0 Å². The first-order chi connectivity index (χ1) is 12.0. The molecule has 6 nitrogen and oxygen atoms in total. The Bertz CT molecular complexity index is 861. The number of rotatable bonds is 2. The molecule has 2 aromatic rings. The van der Waals surface area contributed by atoms with Gasteiger partial charge in [-0.3, -0.25) is 14.3 Å². The van der Waals surface area contributed by atoms with Gasteiger partial charge < -0.3 is 9.88 Å². The molecule has 132 valence electrons. The lowest BCUT2D eigenvalue weighted by Crippen LogP contribution is -2.31. The normalized spacial score (nSPS) is 20.2. The predicted molar refractivity (Wildman–Crippen MR) is 94.1 cm³/mol. The second-order valence-electron chi connectivity index (χ2n) is 7.32. The zero-order chi connectivity index (χ0) is 17.7. The van der Waals surface area contributed by atoms with E-state index in [2.05, 4.69) is 23.1 Å². The summed E-state index contributed by atoms with van der Waals surface area (Å²) in [4.78, 5) is 30.6. The number of hydrogen-bond acceptors (Lipinski definition) is 3. The first-order valence-corrected chi connectivity index (χ1v) is 9.02. The maximum absolute atomic E-state index is 13.1. The van der Waals surface area contributed by atoms with E-state index >= 15 is 0 Å². The van der Waals surface area contributed by atoms with Crippen LogP contribution in [-0.4, -0.2) is 44.4 Å². The number of aryl methyl sites for hydroxylation is 4. The average Bonchev–Trinajstić information content (AvgIpc) is 3.24. The van der Waals surface area contributed by atoms with Crippen LogP contribution in [0.3, 0.4) is 0 Å². The maximum Gasteiger partial charge on any atom is 0.256 e. The minimum atomic E-state index is -0.0192. The summed E-state index contributed by atoms with van der Waals surface area (Å²) in [5.41, 5.74) is 5.12. The molecule has 25 heavy (non-hydrogen) atoms. The van der Waals surface area contributed by atoms with Crippen LogP contribution in [0.4, 0.5) is 0 Å². The van der Waals surface area contributed by atoms with Crippen LogP contribution in [0.25, 0.3) is 0 Å². The quantitative estimate of drug-likeness (QED) is 0.914. The van der Waals surface area contributed by atoms with Crippen LogP contribution < -0.4 is 0 Å². The Morgan fingerprint density at radius 2 is 2.08 bits per heavy atom. The number of hydrogen-bond donors (Lipinski definition) is 1. The van der Waals surface area contributed by atoms with Crippen LogP contribution in [-0.2, 0) is 6.42 Å². The third-order valence-corrected chi connectivity index (χ3v) is 5.43. The third-order valence-electron chi connectivity index (χ3n) is 5.43. The Labute approximate surface area is 147 Å². The van der Waals surface area contributed by atoms with Gasteiger partial charge in [0.2, 0.25) is 0 Å². The number of carbonyl (C=O) groups is 2. The minimum Gasteiger partial charge on any atom is -0.361 e. The standard InChI is InChI=1S/C19H24N4O2/c1-11-9-12(2)23(21-11)14-7-8-22(10-14)19(25)17-13(3)20-15-5-4-6-16(24)18(15)17/h9,14,20H,4-8,10H2,1-3H3/t14-/m0/s1. The fraction of sp³-hybridized carbons (Fsp3) is 0.526. The van der Waals surface area contributed by atoms with Crippen molar-refractivity contribution in [3.8, 4) is 0 Å². The van der Waals surface area contributed by atoms with E-state index in [1.807, 2.05) is 23.4 Å². The van der Waals surface area contributed by atoms with Gasteiger partial charge in [0.25, 0.3) is 5.91 Å². The van der Waals surface area contributed by atoms with Crippen molar-refractivity contribution < 1.29 is 9.59 Å². The van der Waals surface area contributed by atoms with Crippen LogP contribution in [0.15, 0.2) is 6.07 Å². The third kappa shape index (κ3) is 2.60. The van der Waals surface area contributed by atoms with Crippen molar-refractivity contribution >= 4 is 11.7 Å². The highest BCUT2D eigenvalue weighted by Crippen LogP contribution is 2.30. The second-order valence-corrected chi connectivity index (χ2v) is 7.32. The number of nitrogens with one attached hydrogen (secondary N) is 1. The highest BCUT2D eigenvalue weighted by Gasteiger charge is 2.34. The zero-order valence-electron chi connectivity index (χ0n) is 15.1. The van der Waals surface area contributed by atoms with E-state index < -0.39 is 0 Å². The molecular formula is C19H24N4O2. The fourth-order valence-electron chi connectivity index (χ4n) is 4.30. The Morgan fingerprint density at radius 1 is 1.28 bits per heavy atom. The van der Waals surface area contributed by atoms with Gasteiger partial charge in [0.15, 0.2) is 5.78 Å². The molecule has 1 aliphatic carbocycles. The molecule has 4 rings (SSSR count). The SMILES string of the molecule is Cc1cc(C)n([C@H]2CCN(C(=O)c3c(C)[nH]c4c3C(=O)CCC4)C2)n1. The van der Waals surface area contributed by atoms with Gasteiger partial charge in [-0.1, -0.05) is 0 Å². The summed E-state index contributed by atoms with van der Waals surface area (Å²) >= 11 is 0. The summed E-state index contributed by atoms with van der Waals surface area (Å²) in [5.74, 6) is 0.0810. The van der Waals surface area contributed by atoms with Crippen molar-refractivity contribution in [2.45, 2.75) is 52.5 Å². The van der Waals surface area contributed by atoms with Gasteiger partial charge in [-0.25, -0.2) is 0 Å². The molecule has 0 aromatic carbocycles. The molecule has 1 amide bonds. The number of nitrogens with zero attached hydrogens (tertiary/aromatic N) is 3. The van der Waals surface area contributed by atoms with Crippen LogP contribution in [0.1, 0.15) is 68.8 Å². The van der Waals surface area contributed by atoms with Crippen molar-refractivity contribution in [1.29, 1.82) is 0 Å². The summed E-state index contributed by atoms with van der Waals surface area (Å²) in [6.07, 6.45) is 3.15. The molecule has 0 spiro atoms. The van der Waals surface area contributed by atoms with E-state index in [0.29, 0.717) is 30.6 Å². The lowest BCUT2D eigenvalue weighted by Gasteiger charge is -2.19. The van der Waals surface area contributed by atoms with E-state index in [9.17, 15) is 9.59 Å². The minimum absolute atomic E-state index is 0.0192. The molecule has 1 fully saturated rings. The predicted octanol–water partition coefficient (Wildman–Crippen LogP) is 2.74. The van der Waals surface area contributed by atoms with E-state index in [1.165, 1.54) is 0 Å². The number of carbonyl (C=O) groups excluding carboxylic acids is 2. The summed E-state index contributed by atoms with van der Waals surface area (Å²) in [7, 11) is 0. The highest BCUT2D eigenvalue weighted by molar-refractivity contribution is 6.10. The van der Waals surface area contributed by atoms with Gasteiger partial charge in [-0.2, -0.15) is 5.10 Å². The molecule has 2 aromatic heterocycles. The fourth-order valence-corrected chi connectivity index (χ4v) is 4.30. The van der Waals surface area contributed by atoms with E-state index in [-0.39, 0.29) is 17.7 Å². The lowest BCUT2D eigenvalue weighted by atomic mass is 9.93. The zero-order valence-corrected chi connectivity index (χ0v) is 15.1. The van der Waals surface area contributed by atoms with Crippen molar-refractivity contribution in [2.24, 2.45) is 0 Å². The number of fused-ring (bicyclic) bond motifs is 1. The monoisotopic (exact) mass is 340 g/mol. The largest absolute Gasteiger partial charge is 0.361 e. The first kappa shape index (κ1) is 16.1. The van der Waals surface area contributed by atoms with Crippen molar-refractivity contribution in [3.05, 3.63) is 40.0 Å². The number of ketones is 1. The van der Waals surface area contributed by atoms with E-state index in [4.69, 9.17) is 0 Å². The molecule has 1 aliphatic heterocycles. The van der Waals surface area contributed by atoms with E-state index in [1.54, 1.807) is 0 Å². The van der Waals surface area contributed by atoms with Crippen LogP contribution in [0, 0.1) is 20.8 Å². The second kappa shape index (κ2) is 5.86. The Hall–Kier alpha value is -2.37.